The molecule has 0 aliphatic rings. The van der Waals surface area contributed by atoms with Gasteiger partial charge in [-0.15, -0.1) is 11.6 Å². The van der Waals surface area contributed by atoms with E-state index in [-0.39, 0.29) is 28.8 Å². The van der Waals surface area contributed by atoms with Crippen LogP contribution in [0.15, 0.2) is 39.6 Å². The number of benzene rings is 1. The molecule has 1 aromatic heterocycles. The average molecular weight is 332 g/mol. The average Bonchev–Trinajstić information content (AvgIpc) is 2.83. The highest BCUT2D eigenvalue weighted by atomic mass is 35.5. The summed E-state index contributed by atoms with van der Waals surface area (Å²) < 4.78 is 45.6. The number of para-hydroxylation sites is 1. The molecule has 2 aromatic rings. The molecule has 2 rings (SSSR count). The molecule has 0 saturated carbocycles. The molecule has 0 saturated heterocycles. The molecule has 0 radical (unpaired) electrons. The normalized spacial score (nSPS) is 11.6. The highest BCUT2D eigenvalue weighted by molar-refractivity contribution is 7.92. The van der Waals surface area contributed by atoms with Gasteiger partial charge in [-0.2, -0.15) is 0 Å². The van der Waals surface area contributed by atoms with Crippen molar-refractivity contribution in [1.29, 1.82) is 0 Å². The van der Waals surface area contributed by atoms with Crippen LogP contribution in [0.1, 0.15) is 18.4 Å². The highest BCUT2D eigenvalue weighted by Crippen LogP contribution is 2.29. The first-order chi connectivity index (χ1) is 9.91. The van der Waals surface area contributed by atoms with E-state index in [1.54, 1.807) is 13.0 Å². The highest BCUT2D eigenvalue weighted by Gasteiger charge is 2.29. The Labute approximate surface area is 128 Å². The minimum absolute atomic E-state index is 0.00301. The third kappa shape index (κ3) is 2.91. The van der Waals surface area contributed by atoms with E-state index in [0.29, 0.717) is 5.76 Å². The van der Waals surface area contributed by atoms with Gasteiger partial charge < -0.3 is 4.42 Å². The van der Waals surface area contributed by atoms with Crippen LogP contribution in [0.4, 0.5) is 10.1 Å². The van der Waals surface area contributed by atoms with Crippen molar-refractivity contribution in [3.63, 3.8) is 0 Å². The van der Waals surface area contributed by atoms with Gasteiger partial charge in [0.1, 0.15) is 22.2 Å². The largest absolute Gasteiger partial charge is 0.464 e. The Morgan fingerprint density at radius 1 is 1.33 bits per heavy atom. The van der Waals surface area contributed by atoms with Crippen LogP contribution in [-0.4, -0.2) is 15.0 Å². The van der Waals surface area contributed by atoms with Gasteiger partial charge in [-0.25, -0.2) is 12.8 Å². The zero-order valence-electron chi connectivity index (χ0n) is 11.6. The fourth-order valence-electron chi connectivity index (χ4n) is 2.09. The lowest BCUT2D eigenvalue weighted by atomic mass is 10.3. The Balaban J connectivity index is 2.55. The van der Waals surface area contributed by atoms with E-state index in [2.05, 4.69) is 0 Å². The van der Waals surface area contributed by atoms with Crippen LogP contribution >= 0.6 is 11.6 Å². The number of hydrogen-bond donors (Lipinski definition) is 0. The van der Waals surface area contributed by atoms with Gasteiger partial charge in [0.15, 0.2) is 0 Å². The maximum absolute atomic E-state index is 13.9. The van der Waals surface area contributed by atoms with Crippen molar-refractivity contribution >= 4 is 27.3 Å². The summed E-state index contributed by atoms with van der Waals surface area (Å²) >= 11 is 5.66. The van der Waals surface area contributed by atoms with Crippen molar-refractivity contribution in [1.82, 2.24) is 0 Å². The molecule has 0 unspecified atom stereocenters. The summed E-state index contributed by atoms with van der Waals surface area (Å²) in [6.45, 7) is 3.28. The van der Waals surface area contributed by atoms with E-state index in [0.717, 1.165) is 4.31 Å². The van der Waals surface area contributed by atoms with E-state index >= 15 is 0 Å². The number of nitrogens with zero attached hydrogens (tertiary/aromatic N) is 1. The summed E-state index contributed by atoms with van der Waals surface area (Å²) in [6.07, 6.45) is 0. The molecule has 0 amide bonds. The predicted molar refractivity (Wildman–Crippen MR) is 79.6 cm³/mol. The maximum atomic E-state index is 13.9. The molecule has 7 heteroatoms. The fourth-order valence-corrected chi connectivity index (χ4v) is 3.89. The molecule has 1 heterocycles. The summed E-state index contributed by atoms with van der Waals surface area (Å²) in [5.41, 5.74) is 0.00743. The van der Waals surface area contributed by atoms with E-state index in [9.17, 15) is 12.8 Å². The van der Waals surface area contributed by atoms with Gasteiger partial charge in [0.25, 0.3) is 10.0 Å². The minimum Gasteiger partial charge on any atom is -0.464 e. The Bertz CT molecular complexity index is 742. The van der Waals surface area contributed by atoms with Crippen LogP contribution in [0.3, 0.4) is 0 Å². The van der Waals surface area contributed by atoms with E-state index in [1.165, 1.54) is 31.2 Å². The van der Waals surface area contributed by atoms with Gasteiger partial charge in [0.2, 0.25) is 0 Å². The molecule has 0 bridgehead atoms. The molecule has 0 aliphatic heterocycles. The zero-order chi connectivity index (χ0) is 15.6. The van der Waals surface area contributed by atoms with Gasteiger partial charge in [-0.3, -0.25) is 4.31 Å². The Kier molecular flexibility index (Phi) is 4.58. The van der Waals surface area contributed by atoms with Crippen LogP contribution in [0.5, 0.6) is 0 Å². The van der Waals surface area contributed by atoms with Gasteiger partial charge >= 0.3 is 0 Å². The molecule has 4 nitrogen and oxygen atoms in total. The summed E-state index contributed by atoms with van der Waals surface area (Å²) in [5, 5.41) is 0. The first-order valence-corrected chi connectivity index (χ1v) is 8.31. The molecular weight excluding hydrogens is 317 g/mol. The summed E-state index contributed by atoms with van der Waals surface area (Å²) in [4.78, 5) is 0.00301. The predicted octanol–water partition coefficient (Wildman–Crippen LogP) is 3.68. The number of halogens is 2. The number of furan rings is 1. The minimum atomic E-state index is -3.91. The van der Waals surface area contributed by atoms with Crippen LogP contribution in [0.25, 0.3) is 0 Å². The topological polar surface area (TPSA) is 50.5 Å². The van der Waals surface area contributed by atoms with Crippen molar-refractivity contribution in [3.05, 3.63) is 47.7 Å². The van der Waals surface area contributed by atoms with E-state index in [4.69, 9.17) is 16.0 Å². The second kappa shape index (κ2) is 6.07. The quantitative estimate of drug-likeness (QED) is 0.785. The summed E-state index contributed by atoms with van der Waals surface area (Å²) in [5.74, 6) is 0.0711. The number of hydrogen-bond acceptors (Lipinski definition) is 3. The molecule has 0 spiro atoms. The molecule has 1 aromatic carbocycles. The molecule has 0 aliphatic carbocycles. The second-order valence-corrected chi connectivity index (χ2v) is 6.49. The third-order valence-electron chi connectivity index (χ3n) is 3.03. The SMILES string of the molecule is CCN(c1ccccc1F)S(=O)(=O)c1cc(CCl)oc1C. The number of rotatable bonds is 5. The number of aryl methyl sites for hydroxylation is 1. The molecule has 0 fully saturated rings. The molecule has 0 N–H and O–H groups in total. The van der Waals surface area contributed by atoms with Crippen molar-refractivity contribution < 1.29 is 17.2 Å². The van der Waals surface area contributed by atoms with Crippen molar-refractivity contribution in [3.8, 4) is 0 Å². The van der Waals surface area contributed by atoms with Gasteiger partial charge in [0.05, 0.1) is 11.6 Å². The second-order valence-electron chi connectivity index (χ2n) is 4.39. The number of sulfonamides is 1. The monoisotopic (exact) mass is 331 g/mol. The summed E-state index contributed by atoms with van der Waals surface area (Å²) in [7, 11) is -3.91. The zero-order valence-corrected chi connectivity index (χ0v) is 13.2. The van der Waals surface area contributed by atoms with Crippen molar-refractivity contribution in [2.75, 3.05) is 10.8 Å². The van der Waals surface area contributed by atoms with Gasteiger partial charge in [-0.05, 0) is 26.0 Å². The Morgan fingerprint density at radius 3 is 2.52 bits per heavy atom. The first kappa shape index (κ1) is 15.9. The Morgan fingerprint density at radius 2 is 2.00 bits per heavy atom. The molecule has 0 atom stereocenters. The van der Waals surface area contributed by atoms with Crippen molar-refractivity contribution in [2.45, 2.75) is 24.6 Å². The molecular formula is C14H15ClFNO3S. The molecule has 114 valence electrons. The lowest BCUT2D eigenvalue weighted by Crippen LogP contribution is -2.31. The number of anilines is 1. The van der Waals surface area contributed by atoms with Gasteiger partial charge in [0, 0.05) is 12.6 Å². The van der Waals surface area contributed by atoms with Crippen LogP contribution in [-0.2, 0) is 15.9 Å². The number of alkyl halides is 1. The summed E-state index contributed by atoms with van der Waals surface area (Å²) in [6, 6.07) is 7.12. The molecule has 21 heavy (non-hydrogen) atoms. The standard InChI is InChI=1S/C14H15ClFNO3S/c1-3-17(13-7-5-4-6-12(13)16)21(18,19)14-8-11(9-15)20-10(14)2/h4-8H,3,9H2,1-2H3. The van der Waals surface area contributed by atoms with Crippen molar-refractivity contribution in [2.24, 2.45) is 0 Å². The first-order valence-electron chi connectivity index (χ1n) is 6.34. The lowest BCUT2D eigenvalue weighted by Gasteiger charge is -2.22. The fraction of sp³-hybridized carbons (Fsp3) is 0.286. The van der Waals surface area contributed by atoms with Gasteiger partial charge in [-0.1, -0.05) is 12.1 Å². The Hall–Kier alpha value is -1.53. The van der Waals surface area contributed by atoms with Crippen LogP contribution < -0.4 is 4.31 Å². The third-order valence-corrected chi connectivity index (χ3v) is 5.29. The van der Waals surface area contributed by atoms with Crippen LogP contribution in [0.2, 0.25) is 0 Å². The lowest BCUT2D eigenvalue weighted by molar-refractivity contribution is 0.492. The van der Waals surface area contributed by atoms with E-state index in [1.807, 2.05) is 0 Å². The smallest absolute Gasteiger partial charge is 0.267 e. The van der Waals surface area contributed by atoms with Crippen LogP contribution in [0, 0.1) is 12.7 Å². The van der Waals surface area contributed by atoms with E-state index < -0.39 is 15.8 Å². The maximum Gasteiger partial charge on any atom is 0.267 e.